The van der Waals surface area contributed by atoms with Crippen LogP contribution in [0, 0.1) is 6.07 Å². The molecule has 0 aliphatic carbocycles. The molecule has 0 aliphatic heterocycles. The summed E-state index contributed by atoms with van der Waals surface area (Å²) >= 11 is 0. The molecular weight excluding hydrogens is 140 g/mol. The van der Waals surface area contributed by atoms with Crippen LogP contribution >= 0.6 is 0 Å². The molecule has 0 aromatic carbocycles. The minimum Gasteiger partial charge on any atom is -0.320 e. The van der Waals surface area contributed by atoms with Crippen molar-refractivity contribution in [2.24, 2.45) is 0 Å². The van der Waals surface area contributed by atoms with E-state index in [0.29, 0.717) is 0 Å². The first kappa shape index (κ1) is 6.09. The van der Waals surface area contributed by atoms with Crippen molar-refractivity contribution in [1.29, 1.82) is 0 Å². The van der Waals surface area contributed by atoms with Crippen molar-refractivity contribution in [2.45, 2.75) is 0 Å². The predicted octanol–water partition coefficient (Wildman–Crippen LogP) is 0.723. The van der Waals surface area contributed by atoms with Gasteiger partial charge in [0.05, 0.1) is 17.8 Å². The van der Waals surface area contributed by atoms with Crippen molar-refractivity contribution in [1.82, 2.24) is 9.97 Å². The summed E-state index contributed by atoms with van der Waals surface area (Å²) in [5.74, 6) is 0. The Hall–Kier alpha value is -1.64. The zero-order chi connectivity index (χ0) is 7.68. The number of rotatable bonds is 0. The number of H-pyrrole nitrogens is 1. The molecule has 0 fully saturated rings. The smallest absolute Gasteiger partial charge is 0.256 e. The Morgan fingerprint density at radius 1 is 1.55 bits per heavy atom. The highest BCUT2D eigenvalue weighted by atomic mass is 16.1. The van der Waals surface area contributed by atoms with Gasteiger partial charge in [-0.05, 0) is 12.1 Å². The van der Waals surface area contributed by atoms with Crippen molar-refractivity contribution >= 4 is 10.9 Å². The van der Waals surface area contributed by atoms with Gasteiger partial charge in [-0.25, -0.2) is 0 Å². The second kappa shape index (κ2) is 2.20. The number of hydrogen-bond acceptors (Lipinski definition) is 2. The minimum absolute atomic E-state index is 0.217. The van der Waals surface area contributed by atoms with E-state index in [1.807, 2.05) is 6.07 Å². The summed E-state index contributed by atoms with van der Waals surface area (Å²) in [7, 11) is 0. The van der Waals surface area contributed by atoms with Crippen LogP contribution in [-0.2, 0) is 0 Å². The SMILES string of the molecule is O=c1[c]cc2ccncc2[nH]1. The molecule has 0 amide bonds. The fraction of sp³-hybridized carbons (Fsp3) is 0. The topological polar surface area (TPSA) is 45.8 Å². The monoisotopic (exact) mass is 145 g/mol. The summed E-state index contributed by atoms with van der Waals surface area (Å²) in [6.45, 7) is 0. The third kappa shape index (κ3) is 1.00. The van der Waals surface area contributed by atoms with Gasteiger partial charge in [-0.1, -0.05) is 0 Å². The van der Waals surface area contributed by atoms with E-state index in [1.54, 1.807) is 18.5 Å². The second-order valence-electron chi connectivity index (χ2n) is 2.21. The summed E-state index contributed by atoms with van der Waals surface area (Å²) in [5, 5.41) is 0.944. The van der Waals surface area contributed by atoms with Gasteiger partial charge in [0.25, 0.3) is 5.56 Å². The Kier molecular flexibility index (Phi) is 1.22. The maximum Gasteiger partial charge on any atom is 0.256 e. The molecule has 2 aromatic heterocycles. The Balaban J connectivity index is 2.94. The summed E-state index contributed by atoms with van der Waals surface area (Å²) in [5.41, 5.74) is 0.529. The van der Waals surface area contributed by atoms with Crippen molar-refractivity contribution in [3.63, 3.8) is 0 Å². The van der Waals surface area contributed by atoms with E-state index in [4.69, 9.17) is 0 Å². The Morgan fingerprint density at radius 3 is 3.36 bits per heavy atom. The number of nitrogens with one attached hydrogen (secondary N) is 1. The highest BCUT2D eigenvalue weighted by Gasteiger charge is 1.90. The highest BCUT2D eigenvalue weighted by Crippen LogP contribution is 2.03. The van der Waals surface area contributed by atoms with Crippen LogP contribution in [0.5, 0.6) is 0 Å². The van der Waals surface area contributed by atoms with Crippen molar-refractivity contribution in [2.75, 3.05) is 0 Å². The van der Waals surface area contributed by atoms with Gasteiger partial charge >= 0.3 is 0 Å². The number of aromatic nitrogens is 2. The van der Waals surface area contributed by atoms with Crippen LogP contribution in [0.25, 0.3) is 10.9 Å². The lowest BCUT2D eigenvalue weighted by molar-refractivity contribution is 1.26. The van der Waals surface area contributed by atoms with Crippen LogP contribution in [-0.4, -0.2) is 9.97 Å². The van der Waals surface area contributed by atoms with Gasteiger partial charge in [-0.2, -0.15) is 0 Å². The van der Waals surface area contributed by atoms with Crippen LogP contribution < -0.4 is 5.56 Å². The fourth-order valence-electron chi connectivity index (χ4n) is 0.937. The van der Waals surface area contributed by atoms with Crippen molar-refractivity contribution < 1.29 is 0 Å². The van der Waals surface area contributed by atoms with Gasteiger partial charge in [0, 0.05) is 11.6 Å². The maximum atomic E-state index is 10.7. The predicted molar refractivity (Wildman–Crippen MR) is 41.2 cm³/mol. The maximum absolute atomic E-state index is 10.7. The van der Waals surface area contributed by atoms with Gasteiger partial charge in [0.15, 0.2) is 0 Å². The average molecular weight is 145 g/mol. The van der Waals surface area contributed by atoms with Crippen molar-refractivity contribution in [3.8, 4) is 0 Å². The molecule has 2 aromatic rings. The molecule has 3 nitrogen and oxygen atoms in total. The van der Waals surface area contributed by atoms with E-state index in [1.165, 1.54) is 0 Å². The van der Waals surface area contributed by atoms with Gasteiger partial charge in [-0.3, -0.25) is 9.78 Å². The van der Waals surface area contributed by atoms with E-state index >= 15 is 0 Å². The molecule has 0 atom stereocenters. The summed E-state index contributed by atoms with van der Waals surface area (Å²) in [4.78, 5) is 17.2. The van der Waals surface area contributed by atoms with E-state index < -0.39 is 0 Å². The normalized spacial score (nSPS) is 10.2. The molecule has 0 saturated carbocycles. The molecule has 1 radical (unpaired) electrons. The van der Waals surface area contributed by atoms with E-state index in [0.717, 1.165) is 10.9 Å². The number of hydrogen-bond donors (Lipinski definition) is 1. The molecule has 2 rings (SSSR count). The Labute approximate surface area is 62.7 Å². The molecule has 0 aliphatic rings. The Morgan fingerprint density at radius 2 is 2.45 bits per heavy atom. The number of fused-ring (bicyclic) bond motifs is 1. The van der Waals surface area contributed by atoms with Crippen LogP contribution in [0.3, 0.4) is 0 Å². The lowest BCUT2D eigenvalue weighted by Crippen LogP contribution is -2.02. The molecule has 11 heavy (non-hydrogen) atoms. The third-order valence-corrected chi connectivity index (χ3v) is 1.46. The average Bonchev–Trinajstić information content (AvgIpc) is 2.04. The molecule has 1 N–H and O–H groups in total. The van der Waals surface area contributed by atoms with Crippen LogP contribution in [0.15, 0.2) is 29.3 Å². The fourth-order valence-corrected chi connectivity index (χ4v) is 0.937. The molecule has 0 bridgehead atoms. The quantitative estimate of drug-likeness (QED) is 0.593. The summed E-state index contributed by atoms with van der Waals surface area (Å²) in [6.07, 6.45) is 3.29. The molecular formula is C8H5N2O. The van der Waals surface area contributed by atoms with Gasteiger partial charge in [-0.15, -0.1) is 0 Å². The zero-order valence-corrected chi connectivity index (χ0v) is 5.66. The first-order valence-corrected chi connectivity index (χ1v) is 3.21. The van der Waals surface area contributed by atoms with Crippen molar-refractivity contribution in [3.05, 3.63) is 40.9 Å². The number of aromatic amines is 1. The standard InChI is InChI=1S/C8H5N2O/c11-8-2-1-6-3-4-9-5-7(6)10-8/h1,3-5H,(H,10,11). The van der Waals surface area contributed by atoms with Gasteiger partial charge in [0.2, 0.25) is 0 Å². The molecule has 0 saturated heterocycles. The van der Waals surface area contributed by atoms with Crippen LogP contribution in [0.1, 0.15) is 0 Å². The number of nitrogens with zero attached hydrogens (tertiary/aromatic N) is 1. The first-order valence-electron chi connectivity index (χ1n) is 3.21. The number of pyridine rings is 2. The third-order valence-electron chi connectivity index (χ3n) is 1.46. The molecule has 3 heteroatoms. The zero-order valence-electron chi connectivity index (χ0n) is 5.66. The lowest BCUT2D eigenvalue weighted by atomic mass is 10.3. The Bertz CT molecular complexity index is 433. The lowest BCUT2D eigenvalue weighted by Gasteiger charge is -1.92. The van der Waals surface area contributed by atoms with E-state index in [9.17, 15) is 4.79 Å². The summed E-state index contributed by atoms with van der Waals surface area (Å²) in [6, 6.07) is 6.01. The molecule has 0 spiro atoms. The molecule has 0 unspecified atom stereocenters. The highest BCUT2D eigenvalue weighted by molar-refractivity contribution is 5.76. The van der Waals surface area contributed by atoms with E-state index in [2.05, 4.69) is 16.0 Å². The van der Waals surface area contributed by atoms with Crippen LogP contribution in [0.4, 0.5) is 0 Å². The van der Waals surface area contributed by atoms with Gasteiger partial charge < -0.3 is 4.98 Å². The summed E-state index contributed by atoms with van der Waals surface area (Å²) < 4.78 is 0. The van der Waals surface area contributed by atoms with Gasteiger partial charge in [0.1, 0.15) is 0 Å². The minimum atomic E-state index is -0.217. The molecule has 53 valence electrons. The molecule has 2 heterocycles. The van der Waals surface area contributed by atoms with E-state index in [-0.39, 0.29) is 5.56 Å². The van der Waals surface area contributed by atoms with Crippen LogP contribution in [0.2, 0.25) is 0 Å². The second-order valence-corrected chi connectivity index (χ2v) is 2.21. The largest absolute Gasteiger partial charge is 0.320 e. The first-order chi connectivity index (χ1) is 5.36.